The van der Waals surface area contributed by atoms with Crippen molar-refractivity contribution >= 4 is 5.96 Å². The van der Waals surface area contributed by atoms with Gasteiger partial charge in [0.05, 0.1) is 19.3 Å². The van der Waals surface area contributed by atoms with E-state index in [4.69, 9.17) is 14.2 Å². The molecule has 0 aliphatic heterocycles. The zero-order chi connectivity index (χ0) is 17.8. The van der Waals surface area contributed by atoms with Gasteiger partial charge in [-0.15, -0.1) is 0 Å². The van der Waals surface area contributed by atoms with Crippen LogP contribution in [0, 0.1) is 0 Å². The Bertz CT molecular complexity index is 487. The summed E-state index contributed by atoms with van der Waals surface area (Å²) in [5, 5.41) is 6.52. The number of nitrogens with one attached hydrogen (secondary N) is 2. The van der Waals surface area contributed by atoms with Gasteiger partial charge in [0.2, 0.25) is 0 Å². The maximum atomic E-state index is 5.68. The predicted octanol–water partition coefficient (Wildman–Crippen LogP) is 2.19. The van der Waals surface area contributed by atoms with Crippen LogP contribution in [-0.4, -0.2) is 52.5 Å². The third-order valence-corrected chi connectivity index (χ3v) is 3.64. The topological polar surface area (TPSA) is 64.1 Å². The van der Waals surface area contributed by atoms with E-state index in [-0.39, 0.29) is 5.60 Å². The molecule has 0 saturated carbocycles. The largest absolute Gasteiger partial charge is 0.497 e. The van der Waals surface area contributed by atoms with Crippen molar-refractivity contribution in [3.63, 3.8) is 0 Å². The molecule has 1 aromatic rings. The summed E-state index contributed by atoms with van der Waals surface area (Å²) in [5.41, 5.74) is 0.919. The van der Waals surface area contributed by atoms with Crippen molar-refractivity contribution in [3.8, 4) is 5.75 Å². The van der Waals surface area contributed by atoms with Gasteiger partial charge in [-0.3, -0.25) is 4.99 Å². The van der Waals surface area contributed by atoms with E-state index in [1.54, 1.807) is 21.3 Å². The maximum Gasteiger partial charge on any atom is 0.191 e. The first-order valence-corrected chi connectivity index (χ1v) is 8.21. The van der Waals surface area contributed by atoms with Gasteiger partial charge in [0, 0.05) is 33.9 Å². The number of nitrogens with zero attached hydrogens (tertiary/aromatic N) is 1. The molecule has 0 aliphatic rings. The molecule has 0 aromatic heterocycles. The number of ether oxygens (including phenoxy) is 3. The van der Waals surface area contributed by atoms with Crippen molar-refractivity contribution in [2.24, 2.45) is 4.99 Å². The lowest BCUT2D eigenvalue weighted by atomic mass is 10.1. The molecule has 24 heavy (non-hydrogen) atoms. The number of aliphatic imine (C=N–C) groups is 1. The minimum absolute atomic E-state index is 0.223. The number of hydrogen-bond acceptors (Lipinski definition) is 4. The van der Waals surface area contributed by atoms with Crippen LogP contribution in [0.3, 0.4) is 0 Å². The highest BCUT2D eigenvalue weighted by molar-refractivity contribution is 5.79. The summed E-state index contributed by atoms with van der Waals surface area (Å²) in [6.07, 6.45) is 0.907. The highest BCUT2D eigenvalue weighted by Crippen LogP contribution is 2.11. The Morgan fingerprint density at radius 1 is 1.12 bits per heavy atom. The minimum atomic E-state index is -0.223. The van der Waals surface area contributed by atoms with Gasteiger partial charge < -0.3 is 24.8 Å². The van der Waals surface area contributed by atoms with E-state index in [1.807, 2.05) is 38.1 Å². The lowest BCUT2D eigenvalue weighted by Gasteiger charge is -2.24. The first kappa shape index (κ1) is 20.3. The molecule has 0 spiro atoms. The summed E-state index contributed by atoms with van der Waals surface area (Å²) in [6, 6.07) is 7.91. The van der Waals surface area contributed by atoms with Crippen LogP contribution in [-0.2, 0) is 16.1 Å². The Hall–Kier alpha value is -1.79. The van der Waals surface area contributed by atoms with Gasteiger partial charge in [-0.25, -0.2) is 0 Å². The molecule has 6 heteroatoms. The standard InChI is InChI=1S/C18H31N3O3/c1-18(2,23-5)14-21-17(19-3)20-11-6-12-24-13-15-7-9-16(22-4)10-8-15/h7-10H,6,11-14H2,1-5H3,(H2,19,20,21). The van der Waals surface area contributed by atoms with Crippen LogP contribution in [0.1, 0.15) is 25.8 Å². The lowest BCUT2D eigenvalue weighted by Crippen LogP contribution is -2.45. The average Bonchev–Trinajstić information content (AvgIpc) is 2.61. The van der Waals surface area contributed by atoms with Gasteiger partial charge in [0.15, 0.2) is 5.96 Å². The van der Waals surface area contributed by atoms with Gasteiger partial charge >= 0.3 is 0 Å². The highest BCUT2D eigenvalue weighted by atomic mass is 16.5. The van der Waals surface area contributed by atoms with E-state index in [0.29, 0.717) is 19.8 Å². The third kappa shape index (κ3) is 8.17. The summed E-state index contributed by atoms with van der Waals surface area (Å²) in [5.74, 6) is 1.63. The molecular formula is C18H31N3O3. The van der Waals surface area contributed by atoms with Crippen LogP contribution < -0.4 is 15.4 Å². The van der Waals surface area contributed by atoms with E-state index in [9.17, 15) is 0 Å². The fourth-order valence-corrected chi connectivity index (χ4v) is 1.88. The Labute approximate surface area is 145 Å². The molecule has 0 unspecified atom stereocenters. The van der Waals surface area contributed by atoms with Gasteiger partial charge in [-0.05, 0) is 38.0 Å². The molecule has 1 aromatic carbocycles. The van der Waals surface area contributed by atoms with Crippen LogP contribution in [0.25, 0.3) is 0 Å². The molecule has 0 fully saturated rings. The Morgan fingerprint density at radius 2 is 1.83 bits per heavy atom. The van der Waals surface area contributed by atoms with E-state index in [2.05, 4.69) is 15.6 Å². The second-order valence-electron chi connectivity index (χ2n) is 6.07. The molecule has 136 valence electrons. The Kier molecular flexibility index (Phi) is 9.19. The lowest BCUT2D eigenvalue weighted by molar-refractivity contribution is 0.0268. The van der Waals surface area contributed by atoms with Gasteiger partial charge in [0.1, 0.15) is 5.75 Å². The zero-order valence-corrected chi connectivity index (χ0v) is 15.5. The molecule has 0 aliphatic carbocycles. The minimum Gasteiger partial charge on any atom is -0.497 e. The van der Waals surface area contributed by atoms with Gasteiger partial charge in [-0.1, -0.05) is 12.1 Å². The van der Waals surface area contributed by atoms with Crippen LogP contribution in [0.2, 0.25) is 0 Å². The smallest absolute Gasteiger partial charge is 0.191 e. The summed E-state index contributed by atoms with van der Waals surface area (Å²) < 4.78 is 16.2. The molecule has 6 nitrogen and oxygen atoms in total. The Balaban J connectivity index is 2.13. The normalized spacial score (nSPS) is 12.1. The molecule has 0 radical (unpaired) electrons. The molecule has 0 heterocycles. The number of methoxy groups -OCH3 is 2. The van der Waals surface area contributed by atoms with Crippen molar-refractivity contribution < 1.29 is 14.2 Å². The fourth-order valence-electron chi connectivity index (χ4n) is 1.88. The predicted molar refractivity (Wildman–Crippen MR) is 97.7 cm³/mol. The molecule has 0 saturated heterocycles. The van der Waals surface area contributed by atoms with Crippen molar-refractivity contribution in [2.45, 2.75) is 32.5 Å². The quantitative estimate of drug-likeness (QED) is 0.389. The highest BCUT2D eigenvalue weighted by Gasteiger charge is 2.16. The van der Waals surface area contributed by atoms with Crippen molar-refractivity contribution in [2.75, 3.05) is 41.0 Å². The van der Waals surface area contributed by atoms with Crippen molar-refractivity contribution in [1.29, 1.82) is 0 Å². The summed E-state index contributed by atoms with van der Waals surface area (Å²) in [6.45, 7) is 6.85. The van der Waals surface area contributed by atoms with Gasteiger partial charge in [0.25, 0.3) is 0 Å². The van der Waals surface area contributed by atoms with E-state index >= 15 is 0 Å². The van der Waals surface area contributed by atoms with Gasteiger partial charge in [-0.2, -0.15) is 0 Å². The third-order valence-electron chi connectivity index (χ3n) is 3.64. The summed E-state index contributed by atoms with van der Waals surface area (Å²) in [7, 11) is 5.13. The summed E-state index contributed by atoms with van der Waals surface area (Å²) >= 11 is 0. The van der Waals surface area contributed by atoms with Crippen LogP contribution in [0.5, 0.6) is 5.75 Å². The van der Waals surface area contributed by atoms with Crippen molar-refractivity contribution in [3.05, 3.63) is 29.8 Å². The fraction of sp³-hybridized carbons (Fsp3) is 0.611. The second kappa shape index (κ2) is 10.9. The van der Waals surface area contributed by atoms with Crippen LogP contribution >= 0.6 is 0 Å². The first-order valence-electron chi connectivity index (χ1n) is 8.21. The molecule has 0 atom stereocenters. The van der Waals surface area contributed by atoms with Crippen LogP contribution in [0.15, 0.2) is 29.3 Å². The monoisotopic (exact) mass is 337 g/mol. The van der Waals surface area contributed by atoms with E-state index in [0.717, 1.165) is 30.2 Å². The average molecular weight is 337 g/mol. The van der Waals surface area contributed by atoms with Crippen molar-refractivity contribution in [1.82, 2.24) is 10.6 Å². The van der Waals surface area contributed by atoms with E-state index < -0.39 is 0 Å². The molecule has 0 bridgehead atoms. The number of hydrogen-bond donors (Lipinski definition) is 2. The van der Waals surface area contributed by atoms with Crippen LogP contribution in [0.4, 0.5) is 0 Å². The number of benzene rings is 1. The molecule has 1 rings (SSSR count). The second-order valence-corrected chi connectivity index (χ2v) is 6.07. The molecule has 0 amide bonds. The Morgan fingerprint density at radius 3 is 2.42 bits per heavy atom. The SMILES string of the molecule is CN=C(NCCCOCc1ccc(OC)cc1)NCC(C)(C)OC. The first-order chi connectivity index (χ1) is 11.5. The zero-order valence-electron chi connectivity index (χ0n) is 15.5. The number of guanidine groups is 1. The molecular weight excluding hydrogens is 306 g/mol. The van der Waals surface area contributed by atoms with E-state index in [1.165, 1.54) is 0 Å². The number of rotatable bonds is 10. The molecule has 2 N–H and O–H groups in total. The summed E-state index contributed by atoms with van der Waals surface area (Å²) in [4.78, 5) is 4.19. The maximum absolute atomic E-state index is 5.68.